The minimum Gasteiger partial charge on any atom is -0.365 e. The summed E-state index contributed by atoms with van der Waals surface area (Å²) in [7, 11) is 0. The van der Waals surface area contributed by atoms with Crippen molar-refractivity contribution in [2.45, 2.75) is 96.4 Å². The van der Waals surface area contributed by atoms with E-state index in [9.17, 15) is 4.79 Å². The molecule has 2 unspecified atom stereocenters. The summed E-state index contributed by atoms with van der Waals surface area (Å²) >= 11 is 0. The van der Waals surface area contributed by atoms with Gasteiger partial charge < -0.3 is 14.6 Å². The van der Waals surface area contributed by atoms with Crippen molar-refractivity contribution >= 4 is 5.91 Å². The molecule has 0 aromatic carbocycles. The smallest absolute Gasteiger partial charge is 0.249 e. The maximum atomic E-state index is 12.6. The van der Waals surface area contributed by atoms with E-state index in [1.807, 2.05) is 13.8 Å². The highest BCUT2D eigenvalue weighted by Gasteiger charge is 2.27. The molecule has 2 heterocycles. The van der Waals surface area contributed by atoms with Gasteiger partial charge in [0.1, 0.15) is 11.9 Å². The molecular weight excluding hydrogens is 304 g/mol. The highest BCUT2D eigenvalue weighted by atomic mass is 16.5. The summed E-state index contributed by atoms with van der Waals surface area (Å²) in [6, 6.07) is -0.138. The lowest BCUT2D eigenvalue weighted by Crippen LogP contribution is -2.40. The lowest BCUT2D eigenvalue weighted by Gasteiger charge is -2.27. The molecule has 0 radical (unpaired) electrons. The molecule has 24 heavy (non-hydrogen) atoms. The zero-order chi connectivity index (χ0) is 16.9. The van der Waals surface area contributed by atoms with Crippen molar-refractivity contribution in [2.24, 2.45) is 0 Å². The number of amides is 1. The van der Waals surface area contributed by atoms with Gasteiger partial charge in [0.05, 0.1) is 12.1 Å². The Kier molecular flexibility index (Phi) is 5.87. The number of aromatic nitrogens is 3. The molecule has 134 valence electrons. The molecule has 1 aliphatic carbocycles. The van der Waals surface area contributed by atoms with Crippen LogP contribution < -0.4 is 5.32 Å². The second kappa shape index (κ2) is 8.10. The number of nitrogens with one attached hydrogen (secondary N) is 1. The Balaban J connectivity index is 1.58. The van der Waals surface area contributed by atoms with Gasteiger partial charge in [-0.15, -0.1) is 10.2 Å². The van der Waals surface area contributed by atoms with Crippen molar-refractivity contribution in [2.75, 3.05) is 0 Å². The van der Waals surface area contributed by atoms with E-state index in [-0.39, 0.29) is 24.2 Å². The molecule has 0 bridgehead atoms. The van der Waals surface area contributed by atoms with Crippen LogP contribution in [-0.4, -0.2) is 32.9 Å². The van der Waals surface area contributed by atoms with Crippen molar-refractivity contribution in [1.82, 2.24) is 20.1 Å². The maximum absolute atomic E-state index is 12.6. The Labute approximate surface area is 144 Å². The zero-order valence-corrected chi connectivity index (χ0v) is 15.0. The average molecular weight is 334 g/mol. The standard InChI is InChI=1S/C18H30N4O2/c1-3-15(24-14-9-5-4-6-10-14)18(23)19-13(2)17-21-20-16-11-7-8-12-22(16)17/h13-15H,3-12H2,1-2H3,(H,19,23). The van der Waals surface area contributed by atoms with Crippen molar-refractivity contribution in [3.63, 3.8) is 0 Å². The van der Waals surface area contributed by atoms with Crippen molar-refractivity contribution in [3.8, 4) is 0 Å². The van der Waals surface area contributed by atoms with Gasteiger partial charge in [-0.3, -0.25) is 4.79 Å². The van der Waals surface area contributed by atoms with Crippen LogP contribution >= 0.6 is 0 Å². The molecule has 6 nitrogen and oxygen atoms in total. The number of carbonyl (C=O) groups is 1. The second-order valence-corrected chi connectivity index (χ2v) is 7.11. The quantitative estimate of drug-likeness (QED) is 0.868. The van der Waals surface area contributed by atoms with Crippen LogP contribution in [0.3, 0.4) is 0 Å². The Morgan fingerprint density at radius 1 is 1.25 bits per heavy atom. The van der Waals surface area contributed by atoms with Crippen molar-refractivity contribution in [1.29, 1.82) is 0 Å². The lowest BCUT2D eigenvalue weighted by molar-refractivity contribution is -0.139. The number of aryl methyl sites for hydroxylation is 1. The van der Waals surface area contributed by atoms with Crippen molar-refractivity contribution < 1.29 is 9.53 Å². The summed E-state index contributed by atoms with van der Waals surface area (Å²) < 4.78 is 8.24. The third-order valence-corrected chi connectivity index (χ3v) is 5.21. The molecule has 2 atom stereocenters. The van der Waals surface area contributed by atoms with Gasteiger partial charge >= 0.3 is 0 Å². The molecule has 1 aromatic heterocycles. The van der Waals surface area contributed by atoms with Crippen LogP contribution in [0.15, 0.2) is 0 Å². The molecule has 1 saturated carbocycles. The first-order valence-corrected chi connectivity index (χ1v) is 9.56. The van der Waals surface area contributed by atoms with Gasteiger partial charge in [-0.25, -0.2) is 0 Å². The normalized spacial score (nSPS) is 21.1. The molecule has 0 spiro atoms. The fourth-order valence-electron chi connectivity index (χ4n) is 3.80. The van der Waals surface area contributed by atoms with Crippen LogP contribution in [0.1, 0.15) is 82.9 Å². The Morgan fingerprint density at radius 2 is 2.04 bits per heavy atom. The monoisotopic (exact) mass is 334 g/mol. The minimum absolute atomic E-state index is 0.0243. The summed E-state index contributed by atoms with van der Waals surface area (Å²) in [5.41, 5.74) is 0. The molecular formula is C18H30N4O2. The van der Waals surface area contributed by atoms with Gasteiger partial charge in [0.2, 0.25) is 5.91 Å². The first-order chi connectivity index (χ1) is 11.7. The summed E-state index contributed by atoms with van der Waals surface area (Å²) in [5.74, 6) is 1.89. The van der Waals surface area contributed by atoms with Crippen LogP contribution in [0.2, 0.25) is 0 Å². The molecule has 2 aliphatic rings. The van der Waals surface area contributed by atoms with E-state index in [0.29, 0.717) is 6.42 Å². The van der Waals surface area contributed by atoms with Gasteiger partial charge in [-0.05, 0) is 39.0 Å². The number of ether oxygens (including phenoxy) is 1. The molecule has 3 rings (SSSR count). The van der Waals surface area contributed by atoms with E-state index in [1.54, 1.807) is 0 Å². The summed E-state index contributed by atoms with van der Waals surface area (Å²) in [4.78, 5) is 12.6. The number of fused-ring (bicyclic) bond motifs is 1. The number of rotatable bonds is 6. The van der Waals surface area contributed by atoms with Gasteiger partial charge in [-0.1, -0.05) is 26.2 Å². The topological polar surface area (TPSA) is 69.0 Å². The van der Waals surface area contributed by atoms with Gasteiger partial charge in [0, 0.05) is 13.0 Å². The van der Waals surface area contributed by atoms with Crippen LogP contribution in [0, 0.1) is 0 Å². The second-order valence-electron chi connectivity index (χ2n) is 7.11. The van der Waals surface area contributed by atoms with Gasteiger partial charge in [0.15, 0.2) is 5.82 Å². The number of carbonyl (C=O) groups excluding carboxylic acids is 1. The van der Waals surface area contributed by atoms with Crippen molar-refractivity contribution in [3.05, 3.63) is 11.6 Å². The van der Waals surface area contributed by atoms with E-state index < -0.39 is 0 Å². The summed E-state index contributed by atoms with van der Waals surface area (Å²) in [6.07, 6.45) is 9.77. The predicted molar refractivity (Wildman–Crippen MR) is 91.6 cm³/mol. The van der Waals surface area contributed by atoms with Gasteiger partial charge in [0.25, 0.3) is 0 Å². The van der Waals surface area contributed by atoms with E-state index in [1.165, 1.54) is 25.7 Å². The predicted octanol–water partition coefficient (Wildman–Crippen LogP) is 2.92. The third-order valence-electron chi connectivity index (χ3n) is 5.21. The number of hydrogen-bond acceptors (Lipinski definition) is 4. The molecule has 1 fully saturated rings. The van der Waals surface area contributed by atoms with E-state index in [2.05, 4.69) is 20.1 Å². The first-order valence-electron chi connectivity index (χ1n) is 9.56. The highest BCUT2D eigenvalue weighted by Crippen LogP contribution is 2.23. The average Bonchev–Trinajstić information content (AvgIpc) is 3.04. The largest absolute Gasteiger partial charge is 0.365 e. The van der Waals surface area contributed by atoms with Gasteiger partial charge in [-0.2, -0.15) is 0 Å². The number of hydrogen-bond donors (Lipinski definition) is 1. The lowest BCUT2D eigenvalue weighted by atomic mass is 9.97. The third kappa shape index (κ3) is 3.97. The zero-order valence-electron chi connectivity index (χ0n) is 15.0. The van der Waals surface area contributed by atoms with E-state index in [0.717, 1.165) is 43.9 Å². The molecule has 1 aliphatic heterocycles. The fourth-order valence-corrected chi connectivity index (χ4v) is 3.80. The Bertz CT molecular complexity index is 551. The molecule has 1 aromatic rings. The molecule has 1 N–H and O–H groups in total. The summed E-state index contributed by atoms with van der Waals surface area (Å²) in [5, 5.41) is 11.7. The fraction of sp³-hybridized carbons (Fsp3) is 0.833. The highest BCUT2D eigenvalue weighted by molar-refractivity contribution is 5.81. The maximum Gasteiger partial charge on any atom is 0.249 e. The Morgan fingerprint density at radius 3 is 2.79 bits per heavy atom. The minimum atomic E-state index is -0.362. The molecule has 1 amide bonds. The van der Waals surface area contributed by atoms with Crippen LogP contribution in [0.5, 0.6) is 0 Å². The Hall–Kier alpha value is -1.43. The van der Waals surface area contributed by atoms with Crippen LogP contribution in [-0.2, 0) is 22.5 Å². The molecule has 0 saturated heterocycles. The molecule has 6 heteroatoms. The number of nitrogens with zero attached hydrogens (tertiary/aromatic N) is 3. The SMILES string of the molecule is CCC(OC1CCCCC1)C(=O)NC(C)c1nnc2n1CCCC2. The van der Waals surface area contributed by atoms with Crippen LogP contribution in [0.25, 0.3) is 0 Å². The summed E-state index contributed by atoms with van der Waals surface area (Å²) in [6.45, 7) is 4.95. The van der Waals surface area contributed by atoms with E-state index in [4.69, 9.17) is 4.74 Å². The van der Waals surface area contributed by atoms with Crippen LogP contribution in [0.4, 0.5) is 0 Å². The van der Waals surface area contributed by atoms with E-state index >= 15 is 0 Å². The first kappa shape index (κ1) is 17.4.